The van der Waals surface area contributed by atoms with Crippen molar-refractivity contribution in [1.82, 2.24) is 5.43 Å². The van der Waals surface area contributed by atoms with E-state index in [1.165, 1.54) is 6.07 Å². The van der Waals surface area contributed by atoms with E-state index in [2.05, 4.69) is 15.8 Å². The number of nitrogens with one attached hydrogen (secondary N) is 2. The predicted octanol–water partition coefficient (Wildman–Crippen LogP) is 3.58. The number of amides is 1. The minimum absolute atomic E-state index is 0.000599. The molecule has 0 aliphatic heterocycles. The Morgan fingerprint density at radius 2 is 1.93 bits per heavy atom. The van der Waals surface area contributed by atoms with E-state index in [9.17, 15) is 14.7 Å². The van der Waals surface area contributed by atoms with Gasteiger partial charge in [-0.3, -0.25) is 9.59 Å². The Morgan fingerprint density at radius 1 is 1.22 bits per heavy atom. The van der Waals surface area contributed by atoms with Gasteiger partial charge >= 0.3 is 0 Å². The average molecular weight is 412 g/mol. The maximum absolute atomic E-state index is 12.7. The van der Waals surface area contributed by atoms with E-state index < -0.39 is 22.6 Å². The molecule has 0 aliphatic carbocycles. The van der Waals surface area contributed by atoms with Crippen LogP contribution >= 0.6 is 23.2 Å². The summed E-state index contributed by atoms with van der Waals surface area (Å²) >= 11 is 11.8. The third-order valence-electron chi connectivity index (χ3n) is 3.22. The molecular weight excluding hydrogens is 393 g/mol. The van der Waals surface area contributed by atoms with Gasteiger partial charge in [-0.05, 0) is 39.0 Å². The second-order valence-corrected chi connectivity index (χ2v) is 7.55. The summed E-state index contributed by atoms with van der Waals surface area (Å²) < 4.78 is 5.16. The zero-order valence-electron chi connectivity index (χ0n) is 15.0. The van der Waals surface area contributed by atoms with Gasteiger partial charge in [-0.25, -0.2) is 0 Å². The smallest absolute Gasteiger partial charge is 0.272 e. The van der Waals surface area contributed by atoms with Crippen molar-refractivity contribution in [3.63, 3.8) is 0 Å². The highest BCUT2D eigenvalue weighted by molar-refractivity contribution is 6.44. The van der Waals surface area contributed by atoms with E-state index in [0.717, 1.165) is 12.3 Å². The average Bonchev–Trinajstić information content (AvgIpc) is 2.57. The van der Waals surface area contributed by atoms with Crippen LogP contribution < -0.4 is 16.2 Å². The third kappa shape index (κ3) is 6.01. The van der Waals surface area contributed by atoms with E-state index in [4.69, 9.17) is 27.6 Å². The molecule has 9 heteroatoms. The highest BCUT2D eigenvalue weighted by Crippen LogP contribution is 2.25. The summed E-state index contributed by atoms with van der Waals surface area (Å²) in [7, 11) is 0. The quantitative estimate of drug-likeness (QED) is 0.515. The van der Waals surface area contributed by atoms with Crippen LogP contribution in [0.2, 0.25) is 10.0 Å². The summed E-state index contributed by atoms with van der Waals surface area (Å²) in [6, 6.07) is 5.71. The van der Waals surface area contributed by atoms with Crippen LogP contribution in [-0.2, 0) is 11.2 Å². The summed E-state index contributed by atoms with van der Waals surface area (Å²) in [5, 5.41) is 17.3. The number of anilines is 1. The molecular formula is C18H19Cl2N3O4. The van der Waals surface area contributed by atoms with Gasteiger partial charge in [0.05, 0.1) is 22.7 Å². The molecule has 0 saturated carbocycles. The van der Waals surface area contributed by atoms with Crippen LogP contribution in [0.5, 0.6) is 5.75 Å². The molecule has 1 aromatic carbocycles. The van der Waals surface area contributed by atoms with Gasteiger partial charge in [-0.2, -0.15) is 5.10 Å². The third-order valence-corrected chi connectivity index (χ3v) is 3.96. The lowest BCUT2D eigenvalue weighted by molar-refractivity contribution is -0.110. The molecule has 27 heavy (non-hydrogen) atoms. The van der Waals surface area contributed by atoms with Crippen molar-refractivity contribution >= 4 is 40.5 Å². The van der Waals surface area contributed by atoms with E-state index >= 15 is 0 Å². The van der Waals surface area contributed by atoms with E-state index in [1.54, 1.807) is 12.1 Å². The van der Waals surface area contributed by atoms with Crippen LogP contribution in [-0.4, -0.2) is 22.3 Å². The number of rotatable bonds is 5. The fraction of sp³-hybridized carbons (Fsp3) is 0.278. The molecule has 0 aliphatic rings. The number of hydrogen-bond donors (Lipinski definition) is 3. The van der Waals surface area contributed by atoms with Gasteiger partial charge in [0, 0.05) is 17.3 Å². The lowest BCUT2D eigenvalue weighted by Crippen LogP contribution is -2.35. The number of aromatic hydroxyl groups is 1. The van der Waals surface area contributed by atoms with E-state index in [0.29, 0.717) is 10.7 Å². The fourth-order valence-electron chi connectivity index (χ4n) is 1.91. The molecule has 1 aromatic heterocycles. The molecule has 0 fully saturated rings. The lowest BCUT2D eigenvalue weighted by atomic mass is 10.1. The normalized spacial score (nSPS) is 12.0. The van der Waals surface area contributed by atoms with Gasteiger partial charge < -0.3 is 20.3 Å². The minimum atomic E-state index is -0.607. The first-order chi connectivity index (χ1) is 12.6. The zero-order valence-corrected chi connectivity index (χ0v) is 16.5. The van der Waals surface area contributed by atoms with Crippen molar-refractivity contribution in [2.45, 2.75) is 32.7 Å². The molecule has 7 nitrogen and oxygen atoms in total. The Hall–Kier alpha value is -2.51. The molecule has 2 aromatic rings. The van der Waals surface area contributed by atoms with Crippen LogP contribution in [0.15, 0.2) is 44.8 Å². The van der Waals surface area contributed by atoms with E-state index in [1.807, 2.05) is 20.8 Å². The van der Waals surface area contributed by atoms with Gasteiger partial charge in [0.15, 0.2) is 5.76 Å². The molecule has 0 radical (unpaired) electrons. The van der Waals surface area contributed by atoms with Crippen molar-refractivity contribution < 1.29 is 14.3 Å². The summed E-state index contributed by atoms with van der Waals surface area (Å²) in [5.74, 6) is -1.19. The molecule has 2 rings (SSSR count). The Morgan fingerprint density at radius 3 is 2.56 bits per heavy atom. The van der Waals surface area contributed by atoms with Crippen molar-refractivity contribution in [3.8, 4) is 5.75 Å². The van der Waals surface area contributed by atoms with Crippen LogP contribution in [0.1, 0.15) is 26.5 Å². The van der Waals surface area contributed by atoms with Gasteiger partial charge in [-0.15, -0.1) is 0 Å². The van der Waals surface area contributed by atoms with Crippen molar-refractivity contribution in [1.29, 1.82) is 0 Å². The van der Waals surface area contributed by atoms with Gasteiger partial charge in [0.25, 0.3) is 5.91 Å². The topological polar surface area (TPSA) is 104 Å². The monoisotopic (exact) mass is 411 g/mol. The first-order valence-electron chi connectivity index (χ1n) is 7.96. The molecule has 144 valence electrons. The number of hydrogen-bond acceptors (Lipinski definition) is 6. The molecule has 1 amide bonds. The number of benzene rings is 1. The fourth-order valence-corrected chi connectivity index (χ4v) is 2.21. The highest BCUT2D eigenvalue weighted by Gasteiger charge is 2.19. The molecule has 0 bridgehead atoms. The maximum atomic E-state index is 12.7. The Balaban J connectivity index is 2.30. The Bertz CT molecular complexity index is 933. The summed E-state index contributed by atoms with van der Waals surface area (Å²) in [6.07, 6.45) is 0.946. The van der Waals surface area contributed by atoms with Gasteiger partial charge in [-0.1, -0.05) is 23.2 Å². The van der Waals surface area contributed by atoms with Crippen molar-refractivity contribution in [2.75, 3.05) is 5.32 Å². The number of halogens is 2. The SMILES string of the molecule is CC(C)(C)N/N=C(/Cc1occc(=O)c1O)C(=O)Nc1ccc(Cl)c(Cl)c1. The van der Waals surface area contributed by atoms with Crippen LogP contribution in [0.3, 0.4) is 0 Å². The van der Waals surface area contributed by atoms with Crippen molar-refractivity contribution in [3.05, 3.63) is 56.6 Å². The summed E-state index contributed by atoms with van der Waals surface area (Å²) in [6.45, 7) is 5.60. The van der Waals surface area contributed by atoms with Gasteiger partial charge in [0.1, 0.15) is 5.71 Å². The second kappa shape index (κ2) is 8.45. The number of carbonyl (C=O) groups is 1. The first-order valence-corrected chi connectivity index (χ1v) is 8.72. The predicted molar refractivity (Wildman–Crippen MR) is 106 cm³/mol. The maximum Gasteiger partial charge on any atom is 0.272 e. The first kappa shape index (κ1) is 20.8. The number of hydrazone groups is 1. The minimum Gasteiger partial charge on any atom is -0.502 e. The van der Waals surface area contributed by atoms with Crippen LogP contribution in [0, 0.1) is 0 Å². The molecule has 1 heterocycles. The standard InChI is InChI=1S/C18H19Cl2N3O4/c1-18(2,3)23-22-13(9-15-16(25)14(24)6-7-27-15)17(26)21-10-4-5-11(19)12(20)8-10/h4-8,23,25H,9H2,1-3H3,(H,21,26)/b22-13-. The lowest BCUT2D eigenvalue weighted by Gasteiger charge is -2.19. The number of carbonyl (C=O) groups excluding carboxylic acids is 1. The Labute approximate surface area is 166 Å². The molecule has 3 N–H and O–H groups in total. The van der Waals surface area contributed by atoms with Crippen LogP contribution in [0.25, 0.3) is 0 Å². The molecule has 0 spiro atoms. The largest absolute Gasteiger partial charge is 0.502 e. The Kier molecular flexibility index (Phi) is 6.51. The van der Waals surface area contributed by atoms with E-state index in [-0.39, 0.29) is 22.9 Å². The number of nitrogens with zero attached hydrogens (tertiary/aromatic N) is 1. The second-order valence-electron chi connectivity index (χ2n) is 6.74. The zero-order chi connectivity index (χ0) is 20.2. The van der Waals surface area contributed by atoms with Crippen molar-refractivity contribution in [2.24, 2.45) is 5.10 Å². The molecule has 0 unspecified atom stereocenters. The van der Waals surface area contributed by atoms with Crippen LogP contribution in [0.4, 0.5) is 5.69 Å². The van der Waals surface area contributed by atoms with Gasteiger partial charge in [0.2, 0.25) is 11.2 Å². The summed E-state index contributed by atoms with van der Waals surface area (Å²) in [5.41, 5.74) is 2.24. The highest BCUT2D eigenvalue weighted by atomic mass is 35.5. The molecule has 0 atom stereocenters. The molecule has 0 saturated heterocycles. The summed E-state index contributed by atoms with van der Waals surface area (Å²) in [4.78, 5) is 24.2.